The first-order valence-electron chi connectivity index (χ1n) is 5.82. The molecule has 0 aliphatic heterocycles. The Bertz CT molecular complexity index is 479. The zero-order valence-electron chi connectivity index (χ0n) is 10.3. The van der Waals surface area contributed by atoms with Crippen molar-refractivity contribution in [3.63, 3.8) is 0 Å². The molecule has 3 N–H and O–H groups in total. The van der Waals surface area contributed by atoms with Crippen LogP contribution in [0.5, 0.6) is 0 Å². The van der Waals surface area contributed by atoms with E-state index in [1.165, 1.54) is 11.3 Å². The van der Waals surface area contributed by atoms with E-state index in [1.807, 2.05) is 13.0 Å². The van der Waals surface area contributed by atoms with Crippen LogP contribution >= 0.6 is 23.7 Å². The van der Waals surface area contributed by atoms with Crippen LogP contribution in [0.25, 0.3) is 0 Å². The Morgan fingerprint density at radius 1 is 1.28 bits per heavy atom. The van der Waals surface area contributed by atoms with E-state index in [4.69, 9.17) is 5.73 Å². The van der Waals surface area contributed by atoms with Gasteiger partial charge in [-0.3, -0.25) is 0 Å². The first-order chi connectivity index (χ1) is 7.97. The quantitative estimate of drug-likeness (QED) is 0.897. The number of hydrogen-bond donors (Lipinski definition) is 2. The number of sulfonamides is 1. The summed E-state index contributed by atoms with van der Waals surface area (Å²) in [5.74, 6) is 0. The summed E-state index contributed by atoms with van der Waals surface area (Å²) in [6.07, 6.45) is 3.48. The molecule has 0 amide bonds. The molecule has 1 aromatic heterocycles. The number of hydrogen-bond acceptors (Lipinski definition) is 4. The summed E-state index contributed by atoms with van der Waals surface area (Å²) in [5.41, 5.74) is 5.80. The molecular weight excluding hydrogens is 292 g/mol. The fraction of sp³-hybridized carbons (Fsp3) is 0.636. The smallest absolute Gasteiger partial charge is 0.250 e. The molecular formula is C11H19ClN2O2S2. The molecule has 1 aliphatic rings. The Morgan fingerprint density at radius 3 is 2.39 bits per heavy atom. The van der Waals surface area contributed by atoms with Gasteiger partial charge in [-0.05, 0) is 44.7 Å². The van der Waals surface area contributed by atoms with Crippen molar-refractivity contribution in [2.45, 2.75) is 48.9 Å². The third kappa shape index (κ3) is 3.93. The monoisotopic (exact) mass is 310 g/mol. The third-order valence-electron chi connectivity index (χ3n) is 3.07. The van der Waals surface area contributed by atoms with Crippen LogP contribution in [-0.4, -0.2) is 20.5 Å². The molecule has 0 bridgehead atoms. The molecule has 1 saturated carbocycles. The fourth-order valence-corrected chi connectivity index (χ4v) is 4.68. The maximum atomic E-state index is 12.1. The molecule has 0 spiro atoms. The molecule has 2 rings (SSSR count). The average molecular weight is 311 g/mol. The minimum Gasteiger partial charge on any atom is -0.328 e. The number of aryl methyl sites for hydroxylation is 1. The van der Waals surface area contributed by atoms with E-state index >= 15 is 0 Å². The Hall–Kier alpha value is -0.140. The van der Waals surface area contributed by atoms with Gasteiger partial charge in [0.1, 0.15) is 4.21 Å². The van der Waals surface area contributed by atoms with Crippen LogP contribution in [0.15, 0.2) is 16.3 Å². The Morgan fingerprint density at radius 2 is 1.89 bits per heavy atom. The van der Waals surface area contributed by atoms with Crippen LogP contribution in [0, 0.1) is 6.92 Å². The molecule has 0 saturated heterocycles. The van der Waals surface area contributed by atoms with Crippen molar-refractivity contribution in [1.29, 1.82) is 0 Å². The van der Waals surface area contributed by atoms with Crippen LogP contribution < -0.4 is 10.5 Å². The van der Waals surface area contributed by atoms with Crippen molar-refractivity contribution in [3.05, 3.63) is 17.0 Å². The summed E-state index contributed by atoms with van der Waals surface area (Å²) >= 11 is 1.31. The number of nitrogens with one attached hydrogen (secondary N) is 1. The first-order valence-corrected chi connectivity index (χ1v) is 8.12. The van der Waals surface area contributed by atoms with Crippen molar-refractivity contribution in [3.8, 4) is 0 Å². The molecule has 1 fully saturated rings. The molecule has 1 aromatic rings. The zero-order chi connectivity index (χ0) is 12.5. The van der Waals surface area contributed by atoms with Gasteiger partial charge in [0.05, 0.1) is 0 Å². The third-order valence-corrected chi connectivity index (χ3v) is 6.09. The standard InChI is InChI=1S/C11H18N2O2S2.ClH/c1-8-2-7-11(16-8)17(14,15)13-10-5-3-9(12)4-6-10;/h2,7,9-10,13H,3-6,12H2,1H3;1H. The predicted molar refractivity (Wildman–Crippen MR) is 76.9 cm³/mol. The lowest BCUT2D eigenvalue weighted by molar-refractivity contribution is 0.374. The highest BCUT2D eigenvalue weighted by molar-refractivity contribution is 7.91. The van der Waals surface area contributed by atoms with E-state index in [9.17, 15) is 8.42 Å². The van der Waals surface area contributed by atoms with Gasteiger partial charge in [0, 0.05) is 17.0 Å². The highest BCUT2D eigenvalue weighted by Crippen LogP contribution is 2.23. The summed E-state index contributed by atoms with van der Waals surface area (Å²) in [5, 5.41) is 0. The van der Waals surface area contributed by atoms with Gasteiger partial charge >= 0.3 is 0 Å². The molecule has 0 unspecified atom stereocenters. The largest absolute Gasteiger partial charge is 0.328 e. The minimum absolute atomic E-state index is 0. The molecule has 7 heteroatoms. The second-order valence-corrected chi connectivity index (χ2v) is 7.83. The second kappa shape index (κ2) is 6.34. The van der Waals surface area contributed by atoms with E-state index < -0.39 is 10.0 Å². The van der Waals surface area contributed by atoms with Gasteiger partial charge in [0.15, 0.2) is 0 Å². The molecule has 0 aromatic carbocycles. The fourth-order valence-electron chi connectivity index (χ4n) is 2.07. The van der Waals surface area contributed by atoms with Crippen molar-refractivity contribution in [1.82, 2.24) is 4.72 Å². The normalized spacial score (nSPS) is 24.6. The number of halogens is 1. The molecule has 18 heavy (non-hydrogen) atoms. The van der Waals surface area contributed by atoms with Crippen LogP contribution in [0.4, 0.5) is 0 Å². The lowest BCUT2D eigenvalue weighted by Crippen LogP contribution is -2.40. The minimum atomic E-state index is -3.33. The summed E-state index contributed by atoms with van der Waals surface area (Å²) in [7, 11) is -3.33. The molecule has 4 nitrogen and oxygen atoms in total. The van der Waals surface area contributed by atoms with Crippen molar-refractivity contribution in [2.24, 2.45) is 5.73 Å². The van der Waals surface area contributed by atoms with Gasteiger partial charge in [-0.15, -0.1) is 23.7 Å². The predicted octanol–water partition coefficient (Wildman–Crippen LogP) is 2.03. The van der Waals surface area contributed by atoms with Gasteiger partial charge in [0.25, 0.3) is 0 Å². The molecule has 1 aliphatic carbocycles. The number of nitrogens with two attached hydrogens (primary N) is 1. The lowest BCUT2D eigenvalue weighted by atomic mass is 9.93. The Labute approximate surface area is 118 Å². The van der Waals surface area contributed by atoms with E-state index in [1.54, 1.807) is 6.07 Å². The van der Waals surface area contributed by atoms with Gasteiger partial charge in [-0.2, -0.15) is 0 Å². The van der Waals surface area contributed by atoms with Crippen LogP contribution in [0.3, 0.4) is 0 Å². The summed E-state index contributed by atoms with van der Waals surface area (Å²) < 4.78 is 27.3. The van der Waals surface area contributed by atoms with E-state index in [0.29, 0.717) is 4.21 Å². The Kier molecular flexibility index (Phi) is 5.61. The second-order valence-electron chi connectivity index (χ2n) is 4.60. The molecule has 104 valence electrons. The topological polar surface area (TPSA) is 72.2 Å². The SMILES string of the molecule is Cc1ccc(S(=O)(=O)NC2CCC(N)CC2)s1.Cl. The highest BCUT2D eigenvalue weighted by Gasteiger charge is 2.24. The van der Waals surface area contributed by atoms with Crippen molar-refractivity contribution in [2.75, 3.05) is 0 Å². The highest BCUT2D eigenvalue weighted by atomic mass is 35.5. The first kappa shape index (κ1) is 15.9. The zero-order valence-corrected chi connectivity index (χ0v) is 12.7. The van der Waals surface area contributed by atoms with Gasteiger partial charge in [-0.25, -0.2) is 13.1 Å². The summed E-state index contributed by atoms with van der Waals surface area (Å²) in [4.78, 5) is 1.01. The van der Waals surface area contributed by atoms with Gasteiger partial charge < -0.3 is 5.73 Å². The van der Waals surface area contributed by atoms with Crippen LogP contribution in [0.2, 0.25) is 0 Å². The van der Waals surface area contributed by atoms with Crippen molar-refractivity contribution < 1.29 is 8.42 Å². The molecule has 1 heterocycles. The number of rotatable bonds is 3. The van der Waals surface area contributed by atoms with Crippen molar-refractivity contribution >= 4 is 33.8 Å². The average Bonchev–Trinajstić information content (AvgIpc) is 2.69. The van der Waals surface area contributed by atoms with E-state index in [-0.39, 0.29) is 24.5 Å². The van der Waals surface area contributed by atoms with Crippen LogP contribution in [-0.2, 0) is 10.0 Å². The molecule has 0 radical (unpaired) electrons. The maximum Gasteiger partial charge on any atom is 0.250 e. The summed E-state index contributed by atoms with van der Waals surface area (Å²) in [6.45, 7) is 1.91. The maximum absolute atomic E-state index is 12.1. The lowest BCUT2D eigenvalue weighted by Gasteiger charge is -2.26. The van der Waals surface area contributed by atoms with Gasteiger partial charge in [-0.1, -0.05) is 0 Å². The van der Waals surface area contributed by atoms with E-state index in [2.05, 4.69) is 4.72 Å². The van der Waals surface area contributed by atoms with E-state index in [0.717, 1.165) is 30.6 Å². The molecule has 0 atom stereocenters. The van der Waals surface area contributed by atoms with Crippen LogP contribution in [0.1, 0.15) is 30.6 Å². The summed E-state index contributed by atoms with van der Waals surface area (Å²) in [6, 6.07) is 3.77. The Balaban J connectivity index is 0.00000162. The van der Waals surface area contributed by atoms with Gasteiger partial charge in [0.2, 0.25) is 10.0 Å². The number of thiophene rings is 1.